The number of sulfonamides is 1. The third-order valence-corrected chi connectivity index (χ3v) is 6.63. The molecule has 0 aliphatic carbocycles. The molecule has 8 nitrogen and oxygen atoms in total. The fourth-order valence-corrected chi connectivity index (χ4v) is 4.74. The maximum absolute atomic E-state index is 13.0. The summed E-state index contributed by atoms with van der Waals surface area (Å²) >= 11 is 0.166. The van der Waals surface area contributed by atoms with E-state index < -0.39 is 27.1 Å². The number of aryl methyl sites for hydroxylation is 2. The highest BCUT2D eigenvalue weighted by Gasteiger charge is 2.35. The van der Waals surface area contributed by atoms with Crippen molar-refractivity contribution in [2.75, 3.05) is 17.1 Å². The maximum Gasteiger partial charge on any atom is 0.443 e. The minimum absolute atomic E-state index is 0.0559. The molecule has 0 unspecified atom stereocenters. The van der Waals surface area contributed by atoms with Crippen LogP contribution in [0.25, 0.3) is 0 Å². The second-order valence-electron chi connectivity index (χ2n) is 6.59. The van der Waals surface area contributed by atoms with Crippen molar-refractivity contribution in [3.05, 3.63) is 57.7 Å². The van der Waals surface area contributed by atoms with Gasteiger partial charge >= 0.3 is 6.18 Å². The molecule has 13 heteroatoms. The quantitative estimate of drug-likeness (QED) is 0.540. The summed E-state index contributed by atoms with van der Waals surface area (Å²) in [6.07, 6.45) is -2.76. The number of hydrogen-bond acceptors (Lipinski definition) is 7. The molecule has 3 aromatic rings. The number of carbonyl (C=O) groups excluding carboxylic acids is 1. The van der Waals surface area contributed by atoms with Crippen LogP contribution >= 0.6 is 11.3 Å². The molecule has 2 N–H and O–H groups in total. The Kier molecular flexibility index (Phi) is 6.41. The number of aromatic nitrogens is 2. The van der Waals surface area contributed by atoms with Crippen molar-refractivity contribution >= 4 is 38.6 Å². The summed E-state index contributed by atoms with van der Waals surface area (Å²) in [5.74, 6) is -1.12. The van der Waals surface area contributed by atoms with Crippen LogP contribution in [-0.4, -0.2) is 31.4 Å². The van der Waals surface area contributed by atoms with Gasteiger partial charge in [0.1, 0.15) is 4.88 Å². The third kappa shape index (κ3) is 4.99. The molecule has 32 heavy (non-hydrogen) atoms. The smallest absolute Gasteiger partial charge is 0.443 e. The first-order valence-corrected chi connectivity index (χ1v) is 11.2. The number of nitrogens with zero attached hydrogens (tertiary/aromatic N) is 2. The summed E-state index contributed by atoms with van der Waals surface area (Å²) in [6, 6.07) is 6.36. The lowest BCUT2D eigenvalue weighted by molar-refractivity contribution is -0.137. The van der Waals surface area contributed by atoms with Gasteiger partial charge in [0.2, 0.25) is 5.88 Å². The summed E-state index contributed by atoms with van der Waals surface area (Å²) in [7, 11) is -2.96. The number of rotatable bonds is 6. The number of para-hydroxylation sites is 1. The first-order chi connectivity index (χ1) is 14.9. The SMILES string of the molecule is COc1ncc(NC(=O)c2cnc(C(F)(F)F)s2)cc1S(=O)(=O)Nc1c(C)cccc1C. The number of nitrogens with one attached hydrogen (secondary N) is 2. The van der Waals surface area contributed by atoms with Crippen molar-refractivity contribution in [1.82, 2.24) is 9.97 Å². The lowest BCUT2D eigenvalue weighted by Crippen LogP contribution is -2.17. The molecule has 0 spiro atoms. The Morgan fingerprint density at radius 1 is 1.12 bits per heavy atom. The van der Waals surface area contributed by atoms with Crippen molar-refractivity contribution in [2.24, 2.45) is 0 Å². The van der Waals surface area contributed by atoms with Crippen molar-refractivity contribution in [2.45, 2.75) is 24.9 Å². The van der Waals surface area contributed by atoms with Gasteiger partial charge < -0.3 is 10.1 Å². The van der Waals surface area contributed by atoms with Crippen molar-refractivity contribution in [3.8, 4) is 5.88 Å². The Bertz CT molecular complexity index is 1250. The Morgan fingerprint density at radius 3 is 2.34 bits per heavy atom. The zero-order chi connectivity index (χ0) is 23.7. The van der Waals surface area contributed by atoms with E-state index in [-0.39, 0.29) is 32.7 Å². The van der Waals surface area contributed by atoms with E-state index in [2.05, 4.69) is 20.0 Å². The number of carbonyl (C=O) groups is 1. The molecule has 0 atom stereocenters. The Hall–Kier alpha value is -3.19. The predicted octanol–water partition coefficient (Wildman–Crippen LogP) is 4.24. The molecule has 1 aromatic carbocycles. The second-order valence-corrected chi connectivity index (χ2v) is 9.27. The molecule has 0 radical (unpaired) electrons. The first-order valence-electron chi connectivity index (χ1n) is 8.90. The molecule has 2 aromatic heterocycles. The predicted molar refractivity (Wildman–Crippen MR) is 113 cm³/mol. The van der Waals surface area contributed by atoms with Crippen molar-refractivity contribution in [3.63, 3.8) is 0 Å². The minimum Gasteiger partial charge on any atom is -0.480 e. The fraction of sp³-hybridized carbons (Fsp3) is 0.211. The molecule has 0 aliphatic heterocycles. The molecule has 3 rings (SSSR count). The molecule has 0 bridgehead atoms. The van der Waals surface area contributed by atoms with Crippen molar-refractivity contribution in [1.29, 1.82) is 0 Å². The molecular weight excluding hydrogens is 469 g/mol. The van der Waals surface area contributed by atoms with Crippen LogP contribution in [-0.2, 0) is 16.2 Å². The summed E-state index contributed by atoms with van der Waals surface area (Å²) in [5, 5.41) is 1.16. The van der Waals surface area contributed by atoms with Crippen LogP contribution in [0.5, 0.6) is 5.88 Å². The highest BCUT2D eigenvalue weighted by Crippen LogP contribution is 2.33. The Balaban J connectivity index is 1.91. The zero-order valence-corrected chi connectivity index (χ0v) is 18.6. The average Bonchev–Trinajstić information content (AvgIpc) is 3.22. The van der Waals surface area contributed by atoms with E-state index in [0.717, 1.165) is 18.5 Å². The van der Waals surface area contributed by atoms with Gasteiger partial charge in [0, 0.05) is 0 Å². The van der Waals surface area contributed by atoms with E-state index in [0.29, 0.717) is 16.8 Å². The number of hydrogen-bond donors (Lipinski definition) is 2. The first kappa shape index (κ1) is 23.5. The van der Waals surface area contributed by atoms with Gasteiger partial charge in [0.25, 0.3) is 15.9 Å². The summed E-state index contributed by atoms with van der Waals surface area (Å²) in [6.45, 7) is 3.47. The van der Waals surface area contributed by atoms with Gasteiger partial charge in [-0.3, -0.25) is 9.52 Å². The standard InChI is InChI=1S/C19H17F3N4O4S2/c1-10-5-4-6-11(2)15(10)26-32(28,29)14-7-12(8-23-17(14)30-3)25-16(27)13-9-24-18(31-13)19(20,21)22/h4-9,26H,1-3H3,(H,25,27). The molecule has 0 fully saturated rings. The summed E-state index contributed by atoms with van der Waals surface area (Å²) in [4.78, 5) is 18.7. The van der Waals surface area contributed by atoms with E-state index in [1.54, 1.807) is 32.0 Å². The topological polar surface area (TPSA) is 110 Å². The minimum atomic E-state index is -4.68. The van der Waals surface area contributed by atoms with Gasteiger partial charge in [-0.25, -0.2) is 18.4 Å². The Labute approximate surface area is 185 Å². The number of methoxy groups -OCH3 is 1. The van der Waals surface area contributed by atoms with Gasteiger partial charge in [0.05, 0.1) is 30.9 Å². The van der Waals surface area contributed by atoms with Crippen LogP contribution in [0.15, 0.2) is 41.6 Å². The number of ether oxygens (including phenoxy) is 1. The van der Waals surface area contributed by atoms with Crippen LogP contribution in [0.3, 0.4) is 0 Å². The molecule has 0 aliphatic rings. The highest BCUT2D eigenvalue weighted by molar-refractivity contribution is 7.92. The van der Waals surface area contributed by atoms with Gasteiger partial charge in [-0.1, -0.05) is 18.2 Å². The number of thiazole rings is 1. The van der Waals surface area contributed by atoms with E-state index in [1.807, 2.05) is 0 Å². The average molecular weight is 486 g/mol. The number of anilines is 2. The van der Waals surface area contributed by atoms with Crippen LogP contribution < -0.4 is 14.8 Å². The van der Waals surface area contributed by atoms with Crippen LogP contribution in [0.2, 0.25) is 0 Å². The van der Waals surface area contributed by atoms with Crippen LogP contribution in [0.4, 0.5) is 24.5 Å². The van der Waals surface area contributed by atoms with E-state index >= 15 is 0 Å². The lowest BCUT2D eigenvalue weighted by Gasteiger charge is -2.15. The largest absolute Gasteiger partial charge is 0.480 e. The summed E-state index contributed by atoms with van der Waals surface area (Å²) in [5.41, 5.74) is 1.71. The van der Waals surface area contributed by atoms with Crippen LogP contribution in [0.1, 0.15) is 25.8 Å². The molecule has 2 heterocycles. The second kappa shape index (κ2) is 8.74. The zero-order valence-electron chi connectivity index (χ0n) is 16.9. The van der Waals surface area contributed by atoms with E-state index in [4.69, 9.17) is 4.74 Å². The highest BCUT2D eigenvalue weighted by atomic mass is 32.2. The number of benzene rings is 1. The normalized spacial score (nSPS) is 11.8. The van der Waals surface area contributed by atoms with E-state index in [9.17, 15) is 26.4 Å². The van der Waals surface area contributed by atoms with Gasteiger partial charge in [-0.2, -0.15) is 13.2 Å². The molecule has 170 valence electrons. The van der Waals surface area contributed by atoms with Crippen LogP contribution in [0, 0.1) is 13.8 Å². The molecule has 0 saturated carbocycles. The van der Waals surface area contributed by atoms with E-state index in [1.165, 1.54) is 7.11 Å². The number of halogens is 3. The van der Waals surface area contributed by atoms with Gasteiger partial charge in [0.15, 0.2) is 9.90 Å². The number of alkyl halides is 3. The van der Waals surface area contributed by atoms with Gasteiger partial charge in [-0.15, -0.1) is 11.3 Å². The Morgan fingerprint density at radius 2 is 1.78 bits per heavy atom. The number of amides is 1. The fourth-order valence-electron chi connectivity index (χ4n) is 2.71. The van der Waals surface area contributed by atoms with Gasteiger partial charge in [-0.05, 0) is 31.0 Å². The summed E-state index contributed by atoms with van der Waals surface area (Å²) < 4.78 is 71.7. The number of pyridine rings is 1. The molecular formula is C19H17F3N4O4S2. The maximum atomic E-state index is 13.0. The molecule has 1 amide bonds. The third-order valence-electron chi connectivity index (χ3n) is 4.25. The lowest BCUT2D eigenvalue weighted by atomic mass is 10.1. The molecule has 0 saturated heterocycles. The monoisotopic (exact) mass is 486 g/mol. The van der Waals surface area contributed by atoms with Crippen molar-refractivity contribution < 1.29 is 31.1 Å².